The summed E-state index contributed by atoms with van der Waals surface area (Å²) in [6.07, 6.45) is 3.47. The summed E-state index contributed by atoms with van der Waals surface area (Å²) in [5, 5.41) is 3.26. The first-order valence-electron chi connectivity index (χ1n) is 5.46. The lowest BCUT2D eigenvalue weighted by Gasteiger charge is -2.14. The summed E-state index contributed by atoms with van der Waals surface area (Å²) in [6.45, 7) is 4.18. The maximum absolute atomic E-state index is 4.19. The van der Waals surface area contributed by atoms with Gasteiger partial charge in [0.15, 0.2) is 0 Å². The molecule has 88 valence electrons. The molecule has 0 saturated heterocycles. The fraction of sp³-hybridized carbons (Fsp3) is 0.231. The molecule has 0 bridgehead atoms. The minimum atomic E-state index is 0.191. The Morgan fingerprint density at radius 2 is 1.71 bits per heavy atom. The van der Waals surface area contributed by atoms with Crippen molar-refractivity contribution in [1.29, 1.82) is 0 Å². The molecule has 17 heavy (non-hydrogen) atoms. The number of rotatable bonds is 3. The van der Waals surface area contributed by atoms with Crippen molar-refractivity contribution >= 4 is 21.9 Å². The zero-order chi connectivity index (χ0) is 12.3. The molecule has 1 atom stereocenters. The highest BCUT2D eigenvalue weighted by Crippen LogP contribution is 2.17. The number of nitrogens with zero attached hydrogens (tertiary/aromatic N) is 2. The van der Waals surface area contributed by atoms with Crippen molar-refractivity contribution in [3.63, 3.8) is 0 Å². The molecular weight excluding hydrogens is 278 g/mol. The Hall–Kier alpha value is -1.42. The smallest absolute Gasteiger partial charge is 0.223 e. The van der Waals surface area contributed by atoms with E-state index in [1.807, 2.05) is 0 Å². The van der Waals surface area contributed by atoms with Crippen LogP contribution in [0.3, 0.4) is 0 Å². The van der Waals surface area contributed by atoms with Crippen molar-refractivity contribution in [3.8, 4) is 0 Å². The molecule has 0 spiro atoms. The Balaban J connectivity index is 2.08. The van der Waals surface area contributed by atoms with Crippen molar-refractivity contribution in [3.05, 3.63) is 52.3 Å². The van der Waals surface area contributed by atoms with E-state index in [2.05, 4.69) is 69.3 Å². The third-order valence-corrected chi connectivity index (χ3v) is 2.95. The van der Waals surface area contributed by atoms with Gasteiger partial charge in [0.2, 0.25) is 5.95 Å². The number of hydrogen-bond donors (Lipinski definition) is 1. The average molecular weight is 292 g/mol. The second kappa shape index (κ2) is 5.27. The van der Waals surface area contributed by atoms with E-state index in [0.29, 0.717) is 5.95 Å². The van der Waals surface area contributed by atoms with Gasteiger partial charge < -0.3 is 5.32 Å². The molecule has 0 radical (unpaired) electrons. The van der Waals surface area contributed by atoms with Gasteiger partial charge >= 0.3 is 0 Å². The lowest BCUT2D eigenvalue weighted by Crippen LogP contribution is -2.09. The van der Waals surface area contributed by atoms with Crippen molar-refractivity contribution in [2.24, 2.45) is 0 Å². The molecule has 1 aromatic heterocycles. The van der Waals surface area contributed by atoms with Gasteiger partial charge in [0.1, 0.15) is 0 Å². The van der Waals surface area contributed by atoms with Crippen LogP contribution in [0.5, 0.6) is 0 Å². The van der Waals surface area contributed by atoms with Crippen LogP contribution in [0.25, 0.3) is 0 Å². The first-order valence-corrected chi connectivity index (χ1v) is 6.25. The summed E-state index contributed by atoms with van der Waals surface area (Å²) in [5.41, 5.74) is 2.49. The second-order valence-corrected chi connectivity index (χ2v) is 4.92. The number of nitrogens with one attached hydrogen (secondary N) is 1. The van der Waals surface area contributed by atoms with Crippen LogP contribution in [0.15, 0.2) is 41.1 Å². The van der Waals surface area contributed by atoms with Gasteiger partial charge in [0.05, 0.1) is 10.5 Å². The van der Waals surface area contributed by atoms with Gasteiger partial charge in [-0.05, 0) is 35.3 Å². The molecule has 0 aliphatic heterocycles. The van der Waals surface area contributed by atoms with E-state index in [-0.39, 0.29) is 6.04 Å². The van der Waals surface area contributed by atoms with E-state index in [1.54, 1.807) is 12.4 Å². The molecule has 1 unspecified atom stereocenters. The molecule has 4 heteroatoms. The Labute approximate surface area is 109 Å². The molecule has 0 amide bonds. The van der Waals surface area contributed by atoms with Gasteiger partial charge in [-0.3, -0.25) is 0 Å². The lowest BCUT2D eigenvalue weighted by molar-refractivity contribution is 0.859. The number of aryl methyl sites for hydroxylation is 1. The average Bonchev–Trinajstić information content (AvgIpc) is 2.33. The van der Waals surface area contributed by atoms with E-state index < -0.39 is 0 Å². The molecule has 0 aliphatic rings. The first kappa shape index (κ1) is 12.0. The molecule has 3 nitrogen and oxygen atoms in total. The lowest BCUT2D eigenvalue weighted by atomic mass is 10.1. The summed E-state index contributed by atoms with van der Waals surface area (Å²) >= 11 is 3.31. The third-order valence-electron chi connectivity index (χ3n) is 2.54. The molecule has 2 aromatic rings. The van der Waals surface area contributed by atoms with Crippen molar-refractivity contribution in [2.75, 3.05) is 5.32 Å². The predicted molar refractivity (Wildman–Crippen MR) is 72.9 cm³/mol. The fourth-order valence-electron chi connectivity index (χ4n) is 1.52. The highest BCUT2D eigenvalue weighted by Gasteiger charge is 2.06. The topological polar surface area (TPSA) is 37.8 Å². The monoisotopic (exact) mass is 291 g/mol. The normalized spacial score (nSPS) is 12.2. The Morgan fingerprint density at radius 3 is 2.29 bits per heavy atom. The van der Waals surface area contributed by atoms with E-state index in [0.717, 1.165) is 4.47 Å². The van der Waals surface area contributed by atoms with Gasteiger partial charge in [-0.2, -0.15) is 0 Å². The maximum Gasteiger partial charge on any atom is 0.223 e. The summed E-state index contributed by atoms with van der Waals surface area (Å²) in [7, 11) is 0. The first-order chi connectivity index (χ1) is 8.15. The molecule has 0 saturated carbocycles. The van der Waals surface area contributed by atoms with Crippen LogP contribution in [0.4, 0.5) is 5.95 Å². The standard InChI is InChI=1S/C13H14BrN3/c1-9-3-5-11(6-4-9)10(2)17-13-15-7-12(14)8-16-13/h3-8,10H,1-2H3,(H,15,16,17). The molecule has 2 rings (SSSR count). The number of hydrogen-bond acceptors (Lipinski definition) is 3. The van der Waals surface area contributed by atoms with Gasteiger partial charge in [-0.1, -0.05) is 29.8 Å². The maximum atomic E-state index is 4.19. The SMILES string of the molecule is Cc1ccc(C(C)Nc2ncc(Br)cn2)cc1. The van der Waals surface area contributed by atoms with Crippen LogP contribution in [0.1, 0.15) is 24.1 Å². The summed E-state index contributed by atoms with van der Waals surface area (Å²) in [4.78, 5) is 8.38. The zero-order valence-corrected chi connectivity index (χ0v) is 11.4. The highest BCUT2D eigenvalue weighted by atomic mass is 79.9. The van der Waals surface area contributed by atoms with Crippen molar-refractivity contribution < 1.29 is 0 Å². The summed E-state index contributed by atoms with van der Waals surface area (Å²) < 4.78 is 0.881. The molecule has 0 aliphatic carbocycles. The quantitative estimate of drug-likeness (QED) is 0.937. The van der Waals surface area contributed by atoms with E-state index >= 15 is 0 Å². The van der Waals surface area contributed by atoms with E-state index in [4.69, 9.17) is 0 Å². The second-order valence-electron chi connectivity index (χ2n) is 4.00. The summed E-state index contributed by atoms with van der Waals surface area (Å²) in [5.74, 6) is 0.640. The molecule has 0 fully saturated rings. The van der Waals surface area contributed by atoms with Gasteiger partial charge in [0, 0.05) is 12.4 Å². The van der Waals surface area contributed by atoms with Crippen LogP contribution in [-0.4, -0.2) is 9.97 Å². The summed E-state index contributed by atoms with van der Waals surface area (Å²) in [6, 6.07) is 8.64. The van der Waals surface area contributed by atoms with Gasteiger partial charge in [0.25, 0.3) is 0 Å². The van der Waals surface area contributed by atoms with Crippen LogP contribution in [-0.2, 0) is 0 Å². The van der Waals surface area contributed by atoms with E-state index in [1.165, 1.54) is 11.1 Å². The largest absolute Gasteiger partial charge is 0.348 e. The van der Waals surface area contributed by atoms with Crippen molar-refractivity contribution in [1.82, 2.24) is 9.97 Å². The number of halogens is 1. The van der Waals surface area contributed by atoms with Gasteiger partial charge in [-0.15, -0.1) is 0 Å². The Kier molecular flexibility index (Phi) is 3.74. The minimum absolute atomic E-state index is 0.191. The van der Waals surface area contributed by atoms with Crippen LogP contribution >= 0.6 is 15.9 Å². The van der Waals surface area contributed by atoms with Gasteiger partial charge in [-0.25, -0.2) is 9.97 Å². The Morgan fingerprint density at radius 1 is 1.12 bits per heavy atom. The number of aromatic nitrogens is 2. The minimum Gasteiger partial charge on any atom is -0.348 e. The van der Waals surface area contributed by atoms with Crippen molar-refractivity contribution in [2.45, 2.75) is 19.9 Å². The Bertz CT molecular complexity index is 479. The molecule has 1 N–H and O–H groups in total. The predicted octanol–water partition coefficient (Wildman–Crippen LogP) is 3.72. The highest BCUT2D eigenvalue weighted by molar-refractivity contribution is 9.10. The third kappa shape index (κ3) is 3.27. The number of anilines is 1. The van der Waals surface area contributed by atoms with E-state index in [9.17, 15) is 0 Å². The van der Waals surface area contributed by atoms with Crippen LogP contribution in [0, 0.1) is 6.92 Å². The number of benzene rings is 1. The van der Waals surface area contributed by atoms with Crippen LogP contribution < -0.4 is 5.32 Å². The molecular formula is C13H14BrN3. The fourth-order valence-corrected chi connectivity index (χ4v) is 1.72. The zero-order valence-electron chi connectivity index (χ0n) is 9.81. The molecule has 1 aromatic carbocycles. The molecule has 1 heterocycles. The van der Waals surface area contributed by atoms with Crippen LogP contribution in [0.2, 0.25) is 0 Å².